The normalized spacial score (nSPS) is 15.3. The Morgan fingerprint density at radius 2 is 2.15 bits per heavy atom. The lowest BCUT2D eigenvalue weighted by molar-refractivity contribution is 0.0745. The van der Waals surface area contributed by atoms with E-state index < -0.39 is 10.0 Å². The fourth-order valence-corrected chi connectivity index (χ4v) is 4.26. The predicted octanol–water partition coefficient (Wildman–Crippen LogP) is 2.11. The third-order valence-corrected chi connectivity index (χ3v) is 5.60. The smallest absolute Gasteiger partial charge is 0.264 e. The molecule has 5 nitrogen and oxygen atoms in total. The maximum atomic E-state index is 12.5. The summed E-state index contributed by atoms with van der Waals surface area (Å²) < 4.78 is 22.9. The first-order valence-electron chi connectivity index (χ1n) is 6.78. The van der Waals surface area contributed by atoms with E-state index in [0.29, 0.717) is 15.8 Å². The second kappa shape index (κ2) is 5.83. The number of primary sulfonamides is 1. The molecule has 0 spiro atoms. The summed E-state index contributed by atoms with van der Waals surface area (Å²) in [5, 5.41) is 5.15. The van der Waals surface area contributed by atoms with Crippen LogP contribution in [0.2, 0.25) is 0 Å². The molecule has 0 bridgehead atoms. The minimum Gasteiger partial charge on any atom is -0.335 e. The van der Waals surface area contributed by atoms with Crippen LogP contribution in [0.3, 0.4) is 0 Å². The minimum absolute atomic E-state index is 0.0658. The molecule has 2 N–H and O–H groups in total. The second-order valence-corrected chi connectivity index (χ2v) is 7.95. The van der Waals surface area contributed by atoms with Gasteiger partial charge < -0.3 is 4.90 Å². The van der Waals surface area contributed by atoms with Crippen LogP contribution in [-0.4, -0.2) is 31.8 Å². The lowest BCUT2D eigenvalue weighted by atomic mass is 10.3. The first-order chi connectivity index (χ1) is 9.34. The van der Waals surface area contributed by atoms with Crippen LogP contribution in [0.1, 0.15) is 47.2 Å². The summed E-state index contributed by atoms with van der Waals surface area (Å²) in [6.45, 7) is 4.50. The van der Waals surface area contributed by atoms with E-state index in [2.05, 4.69) is 6.92 Å². The molecule has 0 aliphatic heterocycles. The van der Waals surface area contributed by atoms with Crippen molar-refractivity contribution in [2.24, 2.45) is 5.14 Å². The fraction of sp³-hybridized carbons (Fsp3) is 0.615. The molecule has 0 aromatic carbocycles. The van der Waals surface area contributed by atoms with Gasteiger partial charge in [-0.05, 0) is 32.3 Å². The van der Waals surface area contributed by atoms with Crippen molar-refractivity contribution in [1.82, 2.24) is 4.90 Å². The molecule has 1 aromatic heterocycles. The summed E-state index contributed by atoms with van der Waals surface area (Å²) in [5.41, 5.74) is 0. The molecule has 1 fully saturated rings. The number of aryl methyl sites for hydroxylation is 1. The van der Waals surface area contributed by atoms with Gasteiger partial charge in [0.15, 0.2) is 0 Å². The largest absolute Gasteiger partial charge is 0.335 e. The highest BCUT2D eigenvalue weighted by atomic mass is 32.2. The van der Waals surface area contributed by atoms with Gasteiger partial charge in [-0.3, -0.25) is 4.79 Å². The Morgan fingerprint density at radius 3 is 2.60 bits per heavy atom. The van der Waals surface area contributed by atoms with Crippen LogP contribution in [0.4, 0.5) is 0 Å². The first kappa shape index (κ1) is 15.5. The summed E-state index contributed by atoms with van der Waals surface area (Å²) in [4.78, 5) is 15.5. The highest BCUT2D eigenvalue weighted by molar-refractivity contribution is 7.89. The number of carbonyl (C=O) groups is 1. The number of hydrogen-bond acceptors (Lipinski definition) is 4. The Hall–Kier alpha value is -0.920. The minimum atomic E-state index is -3.75. The van der Waals surface area contributed by atoms with Crippen molar-refractivity contribution in [3.63, 3.8) is 0 Å². The molecule has 1 aliphatic rings. The van der Waals surface area contributed by atoms with Gasteiger partial charge in [0.05, 0.1) is 9.77 Å². The van der Waals surface area contributed by atoms with Gasteiger partial charge in [0.1, 0.15) is 0 Å². The molecular formula is C13H20N2O3S2. The monoisotopic (exact) mass is 316 g/mol. The number of thiophene rings is 1. The Bertz CT molecular complexity index is 603. The third-order valence-electron chi connectivity index (χ3n) is 3.39. The van der Waals surface area contributed by atoms with Crippen LogP contribution >= 0.6 is 11.3 Å². The molecule has 1 saturated carbocycles. The van der Waals surface area contributed by atoms with Crippen molar-refractivity contribution >= 4 is 27.3 Å². The molecule has 1 aromatic rings. The van der Waals surface area contributed by atoms with Crippen molar-refractivity contribution in [3.8, 4) is 0 Å². The van der Waals surface area contributed by atoms with Gasteiger partial charge in [0.25, 0.3) is 5.91 Å². The zero-order valence-electron chi connectivity index (χ0n) is 11.8. The Morgan fingerprint density at radius 1 is 1.50 bits per heavy atom. The maximum absolute atomic E-state index is 12.5. The Kier molecular flexibility index (Phi) is 4.51. The number of nitrogens with zero attached hydrogens (tertiary/aromatic N) is 1. The number of carbonyl (C=O) groups excluding carboxylic acids is 1. The van der Waals surface area contributed by atoms with Crippen molar-refractivity contribution in [3.05, 3.63) is 15.8 Å². The molecule has 1 heterocycles. The van der Waals surface area contributed by atoms with Crippen LogP contribution in [0.5, 0.6) is 0 Å². The van der Waals surface area contributed by atoms with Crippen molar-refractivity contribution in [2.45, 2.75) is 50.5 Å². The highest BCUT2D eigenvalue weighted by Crippen LogP contribution is 2.31. The number of rotatable bonds is 6. The van der Waals surface area contributed by atoms with E-state index in [-0.39, 0.29) is 10.8 Å². The Labute approximate surface area is 123 Å². The molecule has 20 heavy (non-hydrogen) atoms. The number of unbranched alkanes of at least 4 members (excludes halogenated alkanes) is 1. The molecule has 2 rings (SSSR count). The van der Waals surface area contributed by atoms with E-state index in [1.807, 2.05) is 4.90 Å². The van der Waals surface area contributed by atoms with Crippen LogP contribution in [-0.2, 0) is 10.0 Å². The SMILES string of the molecule is CCCCN(C(=O)c1cc(S(N)(=O)=O)c(C)s1)C1CC1. The summed E-state index contributed by atoms with van der Waals surface area (Å²) in [5.74, 6) is -0.0658. The van der Waals surface area contributed by atoms with Crippen molar-refractivity contribution in [2.75, 3.05) is 6.54 Å². The molecule has 1 aliphatic carbocycles. The van der Waals surface area contributed by atoms with E-state index in [1.165, 1.54) is 17.4 Å². The fourth-order valence-electron chi connectivity index (χ4n) is 2.16. The molecule has 0 atom stereocenters. The van der Waals surface area contributed by atoms with Gasteiger partial charge in [0.2, 0.25) is 10.0 Å². The molecule has 1 amide bonds. The lowest BCUT2D eigenvalue weighted by Crippen LogP contribution is -2.33. The van der Waals surface area contributed by atoms with Gasteiger partial charge >= 0.3 is 0 Å². The average molecular weight is 316 g/mol. The predicted molar refractivity (Wildman–Crippen MR) is 79.4 cm³/mol. The summed E-state index contributed by atoms with van der Waals surface area (Å²) in [7, 11) is -3.75. The maximum Gasteiger partial charge on any atom is 0.264 e. The van der Waals surface area contributed by atoms with E-state index in [4.69, 9.17) is 5.14 Å². The number of amides is 1. The van der Waals surface area contributed by atoms with Crippen molar-refractivity contribution in [1.29, 1.82) is 0 Å². The van der Waals surface area contributed by atoms with E-state index in [9.17, 15) is 13.2 Å². The zero-order chi connectivity index (χ0) is 14.9. The van der Waals surface area contributed by atoms with Gasteiger partial charge in [-0.15, -0.1) is 11.3 Å². The van der Waals surface area contributed by atoms with Gasteiger partial charge in [-0.25, -0.2) is 13.6 Å². The van der Waals surface area contributed by atoms with Crippen LogP contribution in [0, 0.1) is 6.92 Å². The Balaban J connectivity index is 2.23. The van der Waals surface area contributed by atoms with Crippen LogP contribution < -0.4 is 5.14 Å². The number of nitrogens with two attached hydrogens (primary N) is 1. The number of hydrogen-bond donors (Lipinski definition) is 1. The van der Waals surface area contributed by atoms with Crippen LogP contribution in [0.15, 0.2) is 11.0 Å². The van der Waals surface area contributed by atoms with Gasteiger partial charge in [-0.2, -0.15) is 0 Å². The molecule has 112 valence electrons. The summed E-state index contributed by atoms with van der Waals surface area (Å²) in [6, 6.07) is 1.74. The van der Waals surface area contributed by atoms with E-state index in [0.717, 1.165) is 32.2 Å². The quantitative estimate of drug-likeness (QED) is 0.872. The lowest BCUT2D eigenvalue weighted by Gasteiger charge is -2.21. The molecule has 0 saturated heterocycles. The third kappa shape index (κ3) is 3.39. The van der Waals surface area contributed by atoms with Gasteiger partial charge in [-0.1, -0.05) is 13.3 Å². The van der Waals surface area contributed by atoms with Crippen LogP contribution in [0.25, 0.3) is 0 Å². The summed E-state index contributed by atoms with van der Waals surface area (Å²) >= 11 is 1.21. The van der Waals surface area contributed by atoms with E-state index >= 15 is 0 Å². The zero-order valence-corrected chi connectivity index (χ0v) is 13.4. The average Bonchev–Trinajstić information content (AvgIpc) is 3.10. The molecule has 0 unspecified atom stereocenters. The summed E-state index contributed by atoms with van der Waals surface area (Å²) in [6.07, 6.45) is 4.08. The van der Waals surface area contributed by atoms with Gasteiger partial charge in [0, 0.05) is 17.5 Å². The van der Waals surface area contributed by atoms with Crippen molar-refractivity contribution < 1.29 is 13.2 Å². The topological polar surface area (TPSA) is 80.5 Å². The first-order valence-corrected chi connectivity index (χ1v) is 9.15. The standard InChI is InChI=1S/C13H20N2O3S2/c1-3-4-7-15(10-5-6-10)13(16)11-8-12(9(2)19-11)20(14,17)18/h8,10H,3-7H2,1-2H3,(H2,14,17,18). The number of sulfonamides is 1. The highest BCUT2D eigenvalue weighted by Gasteiger charge is 2.33. The second-order valence-electron chi connectivity index (χ2n) is 5.16. The molecule has 7 heteroatoms. The molecular weight excluding hydrogens is 296 g/mol. The molecule has 0 radical (unpaired) electrons. The van der Waals surface area contributed by atoms with E-state index in [1.54, 1.807) is 6.92 Å².